The smallest absolute Gasteiger partial charge is 0.252 e. The van der Waals surface area contributed by atoms with Crippen LogP contribution < -0.4 is 25.8 Å². The van der Waals surface area contributed by atoms with E-state index in [0.29, 0.717) is 22.9 Å². The van der Waals surface area contributed by atoms with Gasteiger partial charge in [-0.3, -0.25) is 28.9 Å². The Bertz CT molecular complexity index is 1500. The molecule has 0 saturated carbocycles. The number of hydrogen-bond acceptors (Lipinski definition) is 7. The highest BCUT2D eigenvalue weighted by Crippen LogP contribution is 2.33. The number of nitrogens with zero attached hydrogens (tertiary/aromatic N) is 2. The third-order valence-electron chi connectivity index (χ3n) is 6.68. The topological polar surface area (TPSA) is 145 Å². The minimum Gasteiger partial charge on any atom is -0.345 e. The molecule has 3 N–H and O–H groups in total. The lowest BCUT2D eigenvalue weighted by molar-refractivity contribution is -0.127. The second-order valence-corrected chi connectivity index (χ2v) is 9.72. The summed E-state index contributed by atoms with van der Waals surface area (Å²) in [7, 11) is 1.62. The molecule has 3 aromatic rings. The quantitative estimate of drug-likeness (QED) is 0.318. The number of rotatable bonds is 10. The lowest BCUT2D eigenvalue weighted by Gasteiger charge is -2.25. The standard InChI is InChI=1S/C30H31N5O6/c1-19(37)14-21(18-36)32-27(38)17-35-26-13-6-5-12-25(26)34(28(39)15-31-2)16-24(30(35)41)33-29(40)23-11-7-9-20-8-3-4-10-22(20)23/h3-13,18,21,24,31H,14-17H2,1-2H3,(H,32,38)(H,33,40). The number of anilines is 2. The Morgan fingerprint density at radius 3 is 2.37 bits per heavy atom. The van der Waals surface area contributed by atoms with Crippen molar-refractivity contribution in [2.24, 2.45) is 0 Å². The highest BCUT2D eigenvalue weighted by molar-refractivity contribution is 6.13. The molecule has 2 atom stereocenters. The summed E-state index contributed by atoms with van der Waals surface area (Å²) < 4.78 is 0. The van der Waals surface area contributed by atoms with E-state index in [1.165, 1.54) is 16.7 Å². The van der Waals surface area contributed by atoms with Crippen LogP contribution in [0.15, 0.2) is 66.7 Å². The summed E-state index contributed by atoms with van der Waals surface area (Å²) in [4.78, 5) is 79.2. The summed E-state index contributed by atoms with van der Waals surface area (Å²) in [6, 6.07) is 17.0. The van der Waals surface area contributed by atoms with Crippen LogP contribution in [0.3, 0.4) is 0 Å². The summed E-state index contributed by atoms with van der Waals surface area (Å²) in [6.45, 7) is 0.593. The molecule has 4 amide bonds. The van der Waals surface area contributed by atoms with Crippen LogP contribution in [0, 0.1) is 0 Å². The molecule has 0 saturated heterocycles. The minimum absolute atomic E-state index is 0.0287. The van der Waals surface area contributed by atoms with Crippen molar-refractivity contribution in [1.82, 2.24) is 16.0 Å². The largest absolute Gasteiger partial charge is 0.345 e. The van der Waals surface area contributed by atoms with Crippen molar-refractivity contribution in [3.63, 3.8) is 0 Å². The summed E-state index contributed by atoms with van der Waals surface area (Å²) in [5.41, 5.74) is 1.02. The van der Waals surface area contributed by atoms with E-state index in [2.05, 4.69) is 16.0 Å². The lowest BCUT2D eigenvalue weighted by Crippen LogP contribution is -2.55. The number of amides is 4. The van der Waals surface area contributed by atoms with Crippen LogP contribution in [0.25, 0.3) is 10.8 Å². The van der Waals surface area contributed by atoms with Gasteiger partial charge in [0, 0.05) is 12.0 Å². The second-order valence-electron chi connectivity index (χ2n) is 9.72. The zero-order chi connectivity index (χ0) is 29.5. The van der Waals surface area contributed by atoms with Crippen molar-refractivity contribution in [3.05, 3.63) is 72.3 Å². The van der Waals surface area contributed by atoms with Crippen LogP contribution >= 0.6 is 0 Å². The molecule has 0 aromatic heterocycles. The molecule has 0 fully saturated rings. The van der Waals surface area contributed by atoms with Gasteiger partial charge in [0.15, 0.2) is 0 Å². The Hall–Kier alpha value is -4.90. The van der Waals surface area contributed by atoms with Crippen molar-refractivity contribution in [1.29, 1.82) is 0 Å². The number of carbonyl (C=O) groups excluding carboxylic acids is 6. The summed E-state index contributed by atoms with van der Waals surface area (Å²) >= 11 is 0. The maximum Gasteiger partial charge on any atom is 0.252 e. The Morgan fingerprint density at radius 1 is 0.976 bits per heavy atom. The Kier molecular flexibility index (Phi) is 9.20. The SMILES string of the molecule is CNCC(=O)N1CC(NC(=O)c2cccc3ccccc23)C(=O)N(CC(=O)NC(C=O)CC(C)=O)c2ccccc21. The first kappa shape index (κ1) is 29.1. The van der Waals surface area contributed by atoms with Gasteiger partial charge in [-0.25, -0.2) is 0 Å². The van der Waals surface area contributed by atoms with E-state index in [9.17, 15) is 28.8 Å². The molecule has 1 aliphatic heterocycles. The maximum atomic E-state index is 14.0. The van der Waals surface area contributed by atoms with E-state index >= 15 is 0 Å². The molecule has 0 radical (unpaired) electrons. The van der Waals surface area contributed by atoms with Gasteiger partial charge in [-0.1, -0.05) is 48.5 Å². The first-order valence-electron chi connectivity index (χ1n) is 13.1. The average Bonchev–Trinajstić information content (AvgIpc) is 3.07. The molecular formula is C30H31N5O6. The van der Waals surface area contributed by atoms with Gasteiger partial charge in [0.2, 0.25) is 11.8 Å². The number of para-hydroxylation sites is 2. The molecule has 3 aromatic carbocycles. The highest BCUT2D eigenvalue weighted by atomic mass is 16.2. The predicted molar refractivity (Wildman–Crippen MR) is 154 cm³/mol. The summed E-state index contributed by atoms with van der Waals surface area (Å²) in [5.74, 6) is -2.44. The Labute approximate surface area is 236 Å². The van der Waals surface area contributed by atoms with Crippen molar-refractivity contribution in [3.8, 4) is 0 Å². The van der Waals surface area contributed by atoms with E-state index in [1.807, 2.05) is 24.3 Å². The van der Waals surface area contributed by atoms with Crippen LogP contribution in [-0.2, 0) is 24.0 Å². The van der Waals surface area contributed by atoms with E-state index in [1.54, 1.807) is 49.5 Å². The maximum absolute atomic E-state index is 14.0. The number of carbonyl (C=O) groups is 6. The molecule has 0 aliphatic carbocycles. The van der Waals surface area contributed by atoms with Crippen molar-refractivity contribution in [2.45, 2.75) is 25.4 Å². The van der Waals surface area contributed by atoms with Gasteiger partial charge in [0.1, 0.15) is 24.7 Å². The number of ketones is 1. The van der Waals surface area contributed by atoms with Crippen molar-refractivity contribution in [2.75, 3.05) is 36.5 Å². The van der Waals surface area contributed by atoms with Crippen LogP contribution in [-0.4, -0.2) is 74.5 Å². The first-order chi connectivity index (χ1) is 19.7. The first-order valence-corrected chi connectivity index (χ1v) is 13.1. The second kappa shape index (κ2) is 13.0. The van der Waals surface area contributed by atoms with Crippen LogP contribution in [0.2, 0.25) is 0 Å². The molecule has 4 rings (SSSR count). The fourth-order valence-corrected chi connectivity index (χ4v) is 4.84. The van der Waals surface area contributed by atoms with Crippen molar-refractivity contribution < 1.29 is 28.8 Å². The third-order valence-corrected chi connectivity index (χ3v) is 6.68. The third kappa shape index (κ3) is 6.64. The van der Waals surface area contributed by atoms with E-state index in [4.69, 9.17) is 0 Å². The van der Waals surface area contributed by atoms with Gasteiger partial charge in [-0.05, 0) is 42.9 Å². The minimum atomic E-state index is -1.21. The fraction of sp³-hybridized carbons (Fsp3) is 0.267. The lowest BCUT2D eigenvalue weighted by atomic mass is 10.0. The molecule has 1 heterocycles. The van der Waals surface area contributed by atoms with E-state index < -0.39 is 36.3 Å². The zero-order valence-corrected chi connectivity index (χ0v) is 22.8. The van der Waals surface area contributed by atoms with E-state index in [0.717, 1.165) is 5.39 Å². The predicted octanol–water partition coefficient (Wildman–Crippen LogP) is 1.20. The number of likely N-dealkylation sites (N-methyl/N-ethyl adjacent to an activating group) is 1. The van der Waals surface area contributed by atoms with Gasteiger partial charge in [-0.2, -0.15) is 0 Å². The summed E-state index contributed by atoms with van der Waals surface area (Å²) in [6.07, 6.45) is 0.276. The zero-order valence-electron chi connectivity index (χ0n) is 22.8. The number of aldehydes is 1. The number of nitrogens with one attached hydrogen (secondary N) is 3. The Balaban J connectivity index is 1.70. The molecular weight excluding hydrogens is 526 g/mol. The molecule has 212 valence electrons. The Morgan fingerprint density at radius 2 is 1.66 bits per heavy atom. The molecule has 11 nitrogen and oxygen atoms in total. The number of Topliss-reactive ketones (excluding diaryl/α,β-unsaturated/α-hetero) is 1. The van der Waals surface area contributed by atoms with Gasteiger partial charge in [0.25, 0.3) is 11.8 Å². The molecule has 11 heteroatoms. The highest BCUT2D eigenvalue weighted by Gasteiger charge is 2.37. The number of fused-ring (bicyclic) bond motifs is 2. The number of benzene rings is 3. The molecule has 41 heavy (non-hydrogen) atoms. The monoisotopic (exact) mass is 557 g/mol. The van der Waals surface area contributed by atoms with Crippen LogP contribution in [0.5, 0.6) is 0 Å². The van der Waals surface area contributed by atoms with Crippen LogP contribution in [0.1, 0.15) is 23.7 Å². The molecule has 1 aliphatic rings. The normalized spacial score (nSPS) is 15.5. The van der Waals surface area contributed by atoms with Gasteiger partial charge < -0.3 is 25.6 Å². The molecule has 0 bridgehead atoms. The van der Waals surface area contributed by atoms with E-state index in [-0.39, 0.29) is 36.9 Å². The van der Waals surface area contributed by atoms with Gasteiger partial charge in [-0.15, -0.1) is 0 Å². The van der Waals surface area contributed by atoms with Gasteiger partial charge in [0.05, 0.1) is 30.5 Å². The van der Waals surface area contributed by atoms with Gasteiger partial charge >= 0.3 is 0 Å². The molecule has 0 spiro atoms. The fourth-order valence-electron chi connectivity index (χ4n) is 4.84. The number of hydrogen-bond donors (Lipinski definition) is 3. The average molecular weight is 558 g/mol. The van der Waals surface area contributed by atoms with Crippen molar-refractivity contribution >= 4 is 57.8 Å². The molecule has 2 unspecified atom stereocenters. The summed E-state index contributed by atoms with van der Waals surface area (Å²) in [5, 5.41) is 9.61. The van der Waals surface area contributed by atoms with Crippen LogP contribution in [0.4, 0.5) is 11.4 Å².